The average Bonchev–Trinajstić information content (AvgIpc) is 2.65. The fourth-order valence-electron chi connectivity index (χ4n) is 2.12. The first-order valence-corrected chi connectivity index (χ1v) is 8.74. The van der Waals surface area contributed by atoms with Gasteiger partial charge in [-0.3, -0.25) is 0 Å². The summed E-state index contributed by atoms with van der Waals surface area (Å²) >= 11 is 0. The first-order chi connectivity index (χ1) is 12.7. The predicted molar refractivity (Wildman–Crippen MR) is 148 cm³/mol. The van der Waals surface area contributed by atoms with E-state index in [9.17, 15) is 5.11 Å². The minimum Gasteiger partial charge on any atom is -0.394 e. The molecule has 0 heterocycles. The highest BCUT2D eigenvalue weighted by Crippen LogP contribution is 2.14. The standard InChI is InChI=1S/C17H36O9.8CH4/c1-19-5-9-23-14-16(25-11-7-21-3)17(26-12-8-22-4)15(13-18)24-10-6-20-2;;;;;;;;/h15-18H,5-14H2,1-4H3;8*1H4. The second kappa shape index (κ2) is 46.0. The third-order valence-corrected chi connectivity index (χ3v) is 3.46. The molecule has 3 unspecified atom stereocenters. The van der Waals surface area contributed by atoms with E-state index in [1.165, 1.54) is 0 Å². The van der Waals surface area contributed by atoms with Crippen LogP contribution in [-0.4, -0.2) is 118 Å². The number of hydrogen-bond donors (Lipinski definition) is 1. The van der Waals surface area contributed by atoms with Crippen LogP contribution in [0.2, 0.25) is 0 Å². The highest BCUT2D eigenvalue weighted by atomic mass is 16.6. The second-order valence-electron chi connectivity index (χ2n) is 5.38. The zero-order chi connectivity index (χ0) is 19.5. The van der Waals surface area contributed by atoms with Gasteiger partial charge in [-0.2, -0.15) is 0 Å². The van der Waals surface area contributed by atoms with Crippen LogP contribution in [0.5, 0.6) is 0 Å². The van der Waals surface area contributed by atoms with Crippen molar-refractivity contribution in [2.45, 2.75) is 77.7 Å². The van der Waals surface area contributed by atoms with Crippen molar-refractivity contribution < 1.29 is 43.0 Å². The number of aliphatic hydroxyl groups excluding tert-OH is 1. The molecule has 222 valence electrons. The molecule has 9 nitrogen and oxygen atoms in total. The summed E-state index contributed by atoms with van der Waals surface area (Å²) in [6.07, 6.45) is -1.56. The quantitative estimate of drug-likeness (QED) is 0.230. The Kier molecular flexibility index (Phi) is 79.9. The van der Waals surface area contributed by atoms with Crippen LogP contribution in [0.3, 0.4) is 0 Å². The van der Waals surface area contributed by atoms with Crippen LogP contribution < -0.4 is 0 Å². The van der Waals surface area contributed by atoms with Crippen molar-refractivity contribution >= 4 is 0 Å². The fourth-order valence-corrected chi connectivity index (χ4v) is 2.12. The van der Waals surface area contributed by atoms with E-state index in [0.29, 0.717) is 52.9 Å². The largest absolute Gasteiger partial charge is 0.394 e. The summed E-state index contributed by atoms with van der Waals surface area (Å²) in [5, 5.41) is 9.76. The van der Waals surface area contributed by atoms with Gasteiger partial charge < -0.3 is 43.0 Å². The summed E-state index contributed by atoms with van der Waals surface area (Å²) < 4.78 is 43.1. The molecule has 0 saturated carbocycles. The van der Waals surface area contributed by atoms with Gasteiger partial charge in [0.15, 0.2) is 0 Å². The van der Waals surface area contributed by atoms with E-state index in [4.69, 9.17) is 37.9 Å². The van der Waals surface area contributed by atoms with Crippen LogP contribution in [-0.2, 0) is 37.9 Å². The Morgan fingerprint density at radius 3 is 1.21 bits per heavy atom. The number of rotatable bonds is 20. The third kappa shape index (κ3) is 31.6. The van der Waals surface area contributed by atoms with E-state index in [1.807, 2.05) is 0 Å². The van der Waals surface area contributed by atoms with Gasteiger partial charge in [0.25, 0.3) is 0 Å². The molecule has 0 aromatic heterocycles. The molecule has 0 saturated heterocycles. The molecule has 9 heteroatoms. The topological polar surface area (TPSA) is 94.1 Å². The van der Waals surface area contributed by atoms with Crippen molar-refractivity contribution in [1.82, 2.24) is 0 Å². The van der Waals surface area contributed by atoms with Gasteiger partial charge in [-0.05, 0) is 0 Å². The van der Waals surface area contributed by atoms with Crippen molar-refractivity contribution in [3.63, 3.8) is 0 Å². The molecule has 0 rings (SSSR count). The number of ether oxygens (including phenoxy) is 8. The maximum Gasteiger partial charge on any atom is 0.114 e. The van der Waals surface area contributed by atoms with Gasteiger partial charge in [-0.1, -0.05) is 59.4 Å². The number of methoxy groups -OCH3 is 4. The summed E-state index contributed by atoms with van der Waals surface area (Å²) in [6, 6.07) is 0. The summed E-state index contributed by atoms with van der Waals surface area (Å²) in [6.45, 7) is 3.28. The third-order valence-electron chi connectivity index (χ3n) is 3.46. The van der Waals surface area contributed by atoms with Crippen LogP contribution in [0.15, 0.2) is 0 Å². The Morgan fingerprint density at radius 2 is 0.824 bits per heavy atom. The zero-order valence-corrected chi connectivity index (χ0v) is 16.5. The molecule has 0 spiro atoms. The van der Waals surface area contributed by atoms with E-state index >= 15 is 0 Å². The normalized spacial score (nSPS) is 11.6. The number of hydrogen-bond acceptors (Lipinski definition) is 9. The lowest BCUT2D eigenvalue weighted by atomic mass is 10.1. The minimum absolute atomic E-state index is 0. The summed E-state index contributed by atoms with van der Waals surface area (Å²) in [7, 11) is 6.39. The Bertz CT molecular complexity index is 285. The molecule has 34 heavy (non-hydrogen) atoms. The average molecular weight is 513 g/mol. The SMILES string of the molecule is C.C.C.C.C.C.C.C.COCCOCC(OCCOC)C(OCCOC)C(CO)OCCOC. The monoisotopic (exact) mass is 512 g/mol. The molecule has 0 aliphatic rings. The van der Waals surface area contributed by atoms with Gasteiger partial charge in [0.1, 0.15) is 18.3 Å². The molecular formula is C25H68O9. The van der Waals surface area contributed by atoms with E-state index in [0.717, 1.165) is 0 Å². The lowest BCUT2D eigenvalue weighted by Crippen LogP contribution is -2.48. The van der Waals surface area contributed by atoms with Gasteiger partial charge in [0.05, 0.1) is 66.1 Å². The fraction of sp³-hybridized carbons (Fsp3) is 1.00. The molecule has 0 aliphatic heterocycles. The summed E-state index contributed by atoms with van der Waals surface area (Å²) in [4.78, 5) is 0. The van der Waals surface area contributed by atoms with E-state index in [-0.39, 0.29) is 72.6 Å². The Labute approximate surface area is 215 Å². The van der Waals surface area contributed by atoms with E-state index < -0.39 is 18.3 Å². The molecular weight excluding hydrogens is 444 g/mol. The first-order valence-electron chi connectivity index (χ1n) is 8.74. The van der Waals surface area contributed by atoms with Gasteiger partial charge in [0.2, 0.25) is 0 Å². The number of aliphatic hydroxyl groups is 1. The van der Waals surface area contributed by atoms with Crippen molar-refractivity contribution in [3.8, 4) is 0 Å². The Morgan fingerprint density at radius 1 is 0.471 bits per heavy atom. The molecule has 3 atom stereocenters. The maximum atomic E-state index is 9.76. The van der Waals surface area contributed by atoms with E-state index in [2.05, 4.69) is 0 Å². The van der Waals surface area contributed by atoms with Crippen molar-refractivity contribution in [2.75, 3.05) is 94.5 Å². The van der Waals surface area contributed by atoms with Crippen LogP contribution in [0.1, 0.15) is 59.4 Å². The zero-order valence-electron chi connectivity index (χ0n) is 16.5. The van der Waals surface area contributed by atoms with Crippen molar-refractivity contribution in [3.05, 3.63) is 0 Å². The van der Waals surface area contributed by atoms with Crippen LogP contribution in [0.4, 0.5) is 0 Å². The maximum absolute atomic E-state index is 9.76. The highest BCUT2D eigenvalue weighted by Gasteiger charge is 2.32. The predicted octanol–water partition coefficient (Wildman–Crippen LogP) is 4.83. The van der Waals surface area contributed by atoms with Crippen LogP contribution in [0, 0.1) is 0 Å². The van der Waals surface area contributed by atoms with Gasteiger partial charge in [0, 0.05) is 28.4 Å². The smallest absolute Gasteiger partial charge is 0.114 e. The van der Waals surface area contributed by atoms with Crippen LogP contribution in [0.25, 0.3) is 0 Å². The molecule has 0 aromatic carbocycles. The second-order valence-corrected chi connectivity index (χ2v) is 5.38. The van der Waals surface area contributed by atoms with E-state index in [1.54, 1.807) is 28.4 Å². The van der Waals surface area contributed by atoms with Gasteiger partial charge in [-0.15, -0.1) is 0 Å². The molecule has 1 N–H and O–H groups in total. The van der Waals surface area contributed by atoms with Crippen LogP contribution >= 0.6 is 0 Å². The Balaban J connectivity index is -0.000000112. The molecule has 0 fully saturated rings. The van der Waals surface area contributed by atoms with Crippen molar-refractivity contribution in [2.24, 2.45) is 0 Å². The molecule has 0 bridgehead atoms. The van der Waals surface area contributed by atoms with Gasteiger partial charge in [-0.25, -0.2) is 0 Å². The van der Waals surface area contributed by atoms with Gasteiger partial charge >= 0.3 is 0 Å². The molecule has 0 aromatic rings. The lowest BCUT2D eigenvalue weighted by molar-refractivity contribution is -0.173. The van der Waals surface area contributed by atoms with Crippen molar-refractivity contribution in [1.29, 1.82) is 0 Å². The lowest BCUT2D eigenvalue weighted by Gasteiger charge is -2.32. The molecule has 0 amide bonds. The molecule has 0 radical (unpaired) electrons. The Hall–Kier alpha value is -0.360. The minimum atomic E-state index is -0.583. The summed E-state index contributed by atoms with van der Waals surface area (Å²) in [5.74, 6) is 0. The first kappa shape index (κ1) is 59.0. The highest BCUT2D eigenvalue weighted by molar-refractivity contribution is 4.80. The summed E-state index contributed by atoms with van der Waals surface area (Å²) in [5.41, 5.74) is 0. The molecule has 0 aliphatic carbocycles.